The van der Waals surface area contributed by atoms with Gasteiger partial charge in [-0.2, -0.15) is 0 Å². The second-order valence-electron chi connectivity index (χ2n) is 6.35. The molecule has 0 saturated carbocycles. The summed E-state index contributed by atoms with van der Waals surface area (Å²) >= 11 is 6.33. The van der Waals surface area contributed by atoms with Crippen LogP contribution >= 0.6 is 11.6 Å². The highest BCUT2D eigenvalue weighted by Gasteiger charge is 2.18. The van der Waals surface area contributed by atoms with Crippen molar-refractivity contribution in [1.82, 2.24) is 24.8 Å². The van der Waals surface area contributed by atoms with Crippen molar-refractivity contribution in [2.24, 2.45) is 0 Å². The number of benzene rings is 1. The fourth-order valence-electron chi connectivity index (χ4n) is 3.14. The van der Waals surface area contributed by atoms with Crippen LogP contribution in [0.25, 0.3) is 21.9 Å². The summed E-state index contributed by atoms with van der Waals surface area (Å²) in [6, 6.07) is 4.66. The Morgan fingerprint density at radius 3 is 2.76 bits per heavy atom. The van der Waals surface area contributed by atoms with Crippen LogP contribution in [0, 0.1) is 10.1 Å². The molecule has 8 nitrogen and oxygen atoms in total. The Labute approximate surface area is 148 Å². The second-order valence-corrected chi connectivity index (χ2v) is 6.70. The summed E-state index contributed by atoms with van der Waals surface area (Å²) in [5.74, 6) is 0.634. The molecule has 3 aromatic rings. The molecule has 0 radical (unpaired) electrons. The van der Waals surface area contributed by atoms with Crippen LogP contribution in [0.5, 0.6) is 0 Å². The van der Waals surface area contributed by atoms with Crippen LogP contribution in [-0.4, -0.2) is 62.9 Å². The number of aromatic amines is 1. The Balaban J connectivity index is 1.75. The number of aromatic nitrogens is 3. The van der Waals surface area contributed by atoms with E-state index in [1.54, 1.807) is 6.07 Å². The molecule has 1 aromatic carbocycles. The van der Waals surface area contributed by atoms with Gasteiger partial charge in [0.1, 0.15) is 16.9 Å². The number of nitrogens with zero attached hydrogens (tertiary/aromatic N) is 5. The average Bonchev–Trinajstić information content (AvgIpc) is 2.95. The number of nitrogens with one attached hydrogen (secondary N) is 1. The van der Waals surface area contributed by atoms with Crippen molar-refractivity contribution in [3.05, 3.63) is 39.3 Å². The molecule has 130 valence electrons. The van der Waals surface area contributed by atoms with Crippen LogP contribution in [0.15, 0.2) is 18.2 Å². The van der Waals surface area contributed by atoms with Gasteiger partial charge in [0.05, 0.1) is 11.5 Å². The largest absolute Gasteiger partial charge is 0.351 e. The van der Waals surface area contributed by atoms with E-state index in [-0.39, 0.29) is 5.69 Å². The van der Waals surface area contributed by atoms with Crippen LogP contribution in [-0.2, 0) is 6.54 Å². The van der Waals surface area contributed by atoms with Crippen LogP contribution in [0.3, 0.4) is 0 Å². The van der Waals surface area contributed by atoms with Crippen LogP contribution in [0.4, 0.5) is 5.69 Å². The number of fused-ring (bicyclic) bond motifs is 3. The Morgan fingerprint density at radius 1 is 1.28 bits per heavy atom. The average molecular weight is 361 g/mol. The molecule has 0 unspecified atom stereocenters. The third-order valence-corrected chi connectivity index (χ3v) is 4.87. The number of non-ortho nitro benzene ring substituents is 1. The van der Waals surface area contributed by atoms with E-state index in [2.05, 4.69) is 31.8 Å². The summed E-state index contributed by atoms with van der Waals surface area (Å²) in [7, 11) is 2.11. The Kier molecular flexibility index (Phi) is 4.03. The molecule has 1 fully saturated rings. The molecule has 1 aliphatic rings. The minimum Gasteiger partial charge on any atom is -0.351 e. The van der Waals surface area contributed by atoms with Crippen LogP contribution in [0.1, 0.15) is 5.82 Å². The molecule has 0 aliphatic carbocycles. The first-order valence-corrected chi connectivity index (χ1v) is 8.42. The number of piperazine rings is 1. The molecular weight excluding hydrogens is 344 g/mol. The van der Waals surface area contributed by atoms with Gasteiger partial charge in [-0.05, 0) is 13.1 Å². The first-order valence-electron chi connectivity index (χ1n) is 8.04. The number of likely N-dealkylation sites (N-methyl/N-ethyl adjacent to an activating group) is 1. The predicted octanol–water partition coefficient (Wildman–Crippen LogP) is 2.42. The number of nitro groups is 1. The topological polar surface area (TPSA) is 91.2 Å². The summed E-state index contributed by atoms with van der Waals surface area (Å²) in [6.45, 7) is 4.54. The van der Waals surface area contributed by atoms with E-state index >= 15 is 0 Å². The zero-order chi connectivity index (χ0) is 17.6. The van der Waals surface area contributed by atoms with Crippen molar-refractivity contribution >= 4 is 39.2 Å². The molecule has 1 aliphatic heterocycles. The lowest BCUT2D eigenvalue weighted by molar-refractivity contribution is -0.384. The van der Waals surface area contributed by atoms with E-state index in [9.17, 15) is 10.1 Å². The lowest BCUT2D eigenvalue weighted by Crippen LogP contribution is -2.44. The zero-order valence-electron chi connectivity index (χ0n) is 13.7. The highest BCUT2D eigenvalue weighted by atomic mass is 35.5. The molecule has 2 aromatic heterocycles. The van der Waals surface area contributed by atoms with Gasteiger partial charge in [0.15, 0.2) is 5.15 Å². The van der Waals surface area contributed by atoms with Gasteiger partial charge in [-0.1, -0.05) is 11.6 Å². The van der Waals surface area contributed by atoms with E-state index in [0.29, 0.717) is 33.9 Å². The highest BCUT2D eigenvalue weighted by Crippen LogP contribution is 2.30. The predicted molar refractivity (Wildman–Crippen MR) is 95.8 cm³/mol. The molecule has 9 heteroatoms. The van der Waals surface area contributed by atoms with Gasteiger partial charge in [0.2, 0.25) is 0 Å². The number of H-pyrrole nitrogens is 1. The molecule has 0 amide bonds. The number of halogens is 1. The van der Waals surface area contributed by atoms with Gasteiger partial charge in [-0.15, -0.1) is 0 Å². The third-order valence-electron chi connectivity index (χ3n) is 4.60. The quantitative estimate of drug-likeness (QED) is 0.438. The lowest BCUT2D eigenvalue weighted by Gasteiger charge is -2.31. The van der Waals surface area contributed by atoms with Crippen molar-refractivity contribution in [2.75, 3.05) is 33.2 Å². The molecule has 0 atom stereocenters. The van der Waals surface area contributed by atoms with E-state index in [0.717, 1.165) is 31.7 Å². The number of rotatable bonds is 3. The van der Waals surface area contributed by atoms with Crippen LogP contribution < -0.4 is 0 Å². The number of nitro benzene ring substituents is 1. The standard InChI is InChI=1S/C16H17ClN6O2/c1-21-4-6-22(7-5-21)9-13-19-14-11-8-10(23(24)25)2-3-12(11)18-15(14)16(17)20-13/h2-3,8,18H,4-7,9H2,1H3. The number of hydrogen-bond donors (Lipinski definition) is 1. The van der Waals surface area contributed by atoms with Crippen LogP contribution in [0.2, 0.25) is 5.15 Å². The Hall–Kier alpha value is -2.29. The van der Waals surface area contributed by atoms with E-state index < -0.39 is 4.92 Å². The first-order chi connectivity index (χ1) is 12.0. The second kappa shape index (κ2) is 6.21. The normalized spacial score (nSPS) is 16.7. The highest BCUT2D eigenvalue weighted by molar-refractivity contribution is 6.34. The van der Waals surface area contributed by atoms with Crippen molar-refractivity contribution in [3.8, 4) is 0 Å². The van der Waals surface area contributed by atoms with E-state index in [4.69, 9.17) is 11.6 Å². The monoisotopic (exact) mass is 360 g/mol. The van der Waals surface area contributed by atoms with Crippen molar-refractivity contribution < 1.29 is 4.92 Å². The van der Waals surface area contributed by atoms with E-state index in [1.165, 1.54) is 12.1 Å². The van der Waals surface area contributed by atoms with Gasteiger partial charge >= 0.3 is 0 Å². The molecule has 4 rings (SSSR count). The summed E-state index contributed by atoms with van der Waals surface area (Å²) in [6.07, 6.45) is 0. The van der Waals surface area contributed by atoms with Crippen molar-refractivity contribution in [1.29, 1.82) is 0 Å². The van der Waals surface area contributed by atoms with Gasteiger partial charge in [0.25, 0.3) is 5.69 Å². The lowest BCUT2D eigenvalue weighted by atomic mass is 10.2. The Bertz CT molecular complexity index is 964. The molecule has 0 spiro atoms. The summed E-state index contributed by atoms with van der Waals surface area (Å²) < 4.78 is 0. The molecule has 25 heavy (non-hydrogen) atoms. The number of hydrogen-bond acceptors (Lipinski definition) is 6. The van der Waals surface area contributed by atoms with E-state index in [1.807, 2.05) is 0 Å². The summed E-state index contributed by atoms with van der Waals surface area (Å²) in [5, 5.41) is 12.1. The zero-order valence-corrected chi connectivity index (χ0v) is 14.5. The maximum atomic E-state index is 11.1. The smallest absolute Gasteiger partial charge is 0.270 e. The van der Waals surface area contributed by atoms with Crippen molar-refractivity contribution in [3.63, 3.8) is 0 Å². The molecule has 0 bridgehead atoms. The summed E-state index contributed by atoms with van der Waals surface area (Å²) in [4.78, 5) is 27.4. The fraction of sp³-hybridized carbons (Fsp3) is 0.375. The third kappa shape index (κ3) is 3.04. The first kappa shape index (κ1) is 16.2. The van der Waals surface area contributed by atoms with Gasteiger partial charge in [-0.3, -0.25) is 15.0 Å². The minimum absolute atomic E-state index is 0.0313. The molecule has 1 saturated heterocycles. The SMILES string of the molecule is CN1CCN(Cc2nc(Cl)c3[nH]c4ccc([N+](=O)[O-])cc4c3n2)CC1. The van der Waals surface area contributed by atoms with Crippen molar-refractivity contribution in [2.45, 2.75) is 6.54 Å². The maximum absolute atomic E-state index is 11.1. The summed E-state index contributed by atoms with van der Waals surface area (Å²) in [5.41, 5.74) is 2.03. The minimum atomic E-state index is -0.411. The van der Waals surface area contributed by atoms with Gasteiger partial charge < -0.3 is 9.88 Å². The molecule has 1 N–H and O–H groups in total. The molecular formula is C16H17ClN6O2. The molecule has 3 heterocycles. The fourth-order valence-corrected chi connectivity index (χ4v) is 3.38. The Morgan fingerprint density at radius 2 is 2.04 bits per heavy atom. The van der Waals surface area contributed by atoms with Gasteiger partial charge in [-0.25, -0.2) is 9.97 Å². The van der Waals surface area contributed by atoms with Gasteiger partial charge in [0, 0.05) is 49.2 Å². The maximum Gasteiger partial charge on any atom is 0.270 e.